The maximum atomic E-state index is 12.6. The normalized spacial score (nSPS) is 16.8. The molecule has 0 spiro atoms. The molecule has 0 fully saturated rings. The predicted molar refractivity (Wildman–Crippen MR) is 101 cm³/mol. The molecule has 1 amide bonds. The lowest BCUT2D eigenvalue weighted by molar-refractivity contribution is 0.0813. The lowest BCUT2D eigenvalue weighted by atomic mass is 9.90. The lowest BCUT2D eigenvalue weighted by Crippen LogP contribution is -2.33. The van der Waals surface area contributed by atoms with E-state index in [1.807, 2.05) is 36.4 Å². The van der Waals surface area contributed by atoms with E-state index in [1.54, 1.807) is 4.67 Å². The average Bonchev–Trinajstić information content (AvgIpc) is 2.66. The molecule has 0 aliphatic carbocycles. The van der Waals surface area contributed by atoms with Gasteiger partial charge in [0.25, 0.3) is 5.91 Å². The van der Waals surface area contributed by atoms with Crippen LogP contribution in [-0.2, 0) is 6.42 Å². The summed E-state index contributed by atoms with van der Waals surface area (Å²) >= 11 is 0. The molecule has 0 bridgehead atoms. The Hall–Kier alpha value is -2.44. The average molecular weight is 331 g/mol. The van der Waals surface area contributed by atoms with Crippen LogP contribution in [0.3, 0.4) is 0 Å². The van der Waals surface area contributed by atoms with Crippen molar-refractivity contribution in [2.24, 2.45) is 0 Å². The molecular weight excluding hydrogens is 313 g/mol. The van der Waals surface area contributed by atoms with Crippen LogP contribution in [0.4, 0.5) is 0 Å². The number of benzene rings is 3. The Morgan fingerprint density at radius 2 is 1.42 bits per heavy atom. The maximum Gasteiger partial charge on any atom is 0.257 e. The minimum Gasteiger partial charge on any atom is -0.316 e. The van der Waals surface area contributed by atoms with Gasteiger partial charge in [-0.2, -0.15) is 0 Å². The topological polar surface area (TPSA) is 20.3 Å². The first-order chi connectivity index (χ1) is 11.7. The van der Waals surface area contributed by atoms with Gasteiger partial charge in [0.05, 0.1) is 6.04 Å². The summed E-state index contributed by atoms with van der Waals surface area (Å²) in [6.07, 6.45) is 0.843. The first kappa shape index (κ1) is 15.1. The maximum absolute atomic E-state index is 12.6. The van der Waals surface area contributed by atoms with Crippen molar-refractivity contribution >= 4 is 15.3 Å². The van der Waals surface area contributed by atoms with Gasteiger partial charge in [-0.05, 0) is 44.1 Å². The number of carbonyl (C=O) groups is 1. The van der Waals surface area contributed by atoms with E-state index in [0.717, 1.165) is 23.1 Å². The fourth-order valence-electron chi connectivity index (χ4n) is 3.30. The monoisotopic (exact) mass is 331 g/mol. The number of nitrogens with zero attached hydrogens (tertiary/aromatic N) is 1. The SMILES string of the molecule is O=C1c2ccccc2CC(c2ccc(-c3ccccc3)cc2)N1P. The molecule has 3 aromatic rings. The predicted octanol–water partition coefficient (Wildman–Crippen LogP) is 4.88. The highest BCUT2D eigenvalue weighted by molar-refractivity contribution is 7.14. The van der Waals surface area contributed by atoms with Crippen LogP contribution >= 0.6 is 9.39 Å². The van der Waals surface area contributed by atoms with Crippen molar-refractivity contribution in [3.05, 3.63) is 95.6 Å². The van der Waals surface area contributed by atoms with Crippen LogP contribution in [0.25, 0.3) is 11.1 Å². The zero-order valence-corrected chi connectivity index (χ0v) is 14.4. The molecule has 2 unspecified atom stereocenters. The van der Waals surface area contributed by atoms with E-state index in [2.05, 4.69) is 51.9 Å². The Labute approximate surface area is 144 Å². The van der Waals surface area contributed by atoms with Gasteiger partial charge in [0, 0.05) is 5.56 Å². The van der Waals surface area contributed by atoms with E-state index >= 15 is 0 Å². The standard InChI is InChI=1S/C21H18NOP/c23-21-19-9-5-4-8-18(19)14-20(22(21)24)17-12-10-16(11-13-17)15-6-2-1-3-7-15/h1-13,20H,14,24H2. The van der Waals surface area contributed by atoms with Crippen molar-refractivity contribution in [1.82, 2.24) is 4.67 Å². The number of fused-ring (bicyclic) bond motifs is 1. The molecule has 0 saturated heterocycles. The fourth-order valence-corrected chi connectivity index (χ4v) is 3.72. The first-order valence-corrected chi connectivity index (χ1v) is 8.57. The Balaban J connectivity index is 1.66. The molecular formula is C21H18NOP. The van der Waals surface area contributed by atoms with Crippen molar-refractivity contribution in [1.29, 1.82) is 0 Å². The summed E-state index contributed by atoms with van der Waals surface area (Å²) in [7, 11) is 2.60. The fraction of sp³-hybridized carbons (Fsp3) is 0.0952. The van der Waals surface area contributed by atoms with Gasteiger partial charge in [0.15, 0.2) is 0 Å². The Morgan fingerprint density at radius 3 is 2.17 bits per heavy atom. The summed E-state index contributed by atoms with van der Waals surface area (Å²) in [6, 6.07) is 26.8. The molecule has 2 nitrogen and oxygen atoms in total. The van der Waals surface area contributed by atoms with Gasteiger partial charge in [-0.25, -0.2) is 0 Å². The van der Waals surface area contributed by atoms with E-state index in [9.17, 15) is 4.79 Å². The van der Waals surface area contributed by atoms with Crippen LogP contribution in [0.2, 0.25) is 0 Å². The van der Waals surface area contributed by atoms with Crippen molar-refractivity contribution in [3.63, 3.8) is 0 Å². The van der Waals surface area contributed by atoms with Crippen LogP contribution in [0.5, 0.6) is 0 Å². The molecule has 0 N–H and O–H groups in total. The third kappa shape index (κ3) is 2.64. The summed E-state index contributed by atoms with van der Waals surface area (Å²) in [5, 5.41) is 0. The van der Waals surface area contributed by atoms with Gasteiger partial charge in [-0.15, -0.1) is 0 Å². The van der Waals surface area contributed by atoms with Gasteiger partial charge in [0.1, 0.15) is 0 Å². The highest BCUT2D eigenvalue weighted by atomic mass is 31.0. The third-order valence-electron chi connectivity index (χ3n) is 4.63. The second-order valence-corrected chi connectivity index (χ2v) is 6.63. The minimum absolute atomic E-state index is 0.0576. The van der Waals surface area contributed by atoms with Gasteiger partial charge in [0.2, 0.25) is 0 Å². The Morgan fingerprint density at radius 1 is 0.792 bits per heavy atom. The summed E-state index contributed by atoms with van der Waals surface area (Å²) in [6.45, 7) is 0. The number of rotatable bonds is 2. The second kappa shape index (κ2) is 6.22. The quantitative estimate of drug-likeness (QED) is 0.613. The molecule has 1 heterocycles. The summed E-state index contributed by atoms with van der Waals surface area (Å²) in [5.74, 6) is 0.0685. The highest BCUT2D eigenvalue weighted by Gasteiger charge is 2.30. The van der Waals surface area contributed by atoms with Crippen LogP contribution in [0, 0.1) is 0 Å². The van der Waals surface area contributed by atoms with Gasteiger partial charge in [-0.3, -0.25) is 4.79 Å². The van der Waals surface area contributed by atoms with Crippen molar-refractivity contribution in [2.45, 2.75) is 12.5 Å². The van der Waals surface area contributed by atoms with Crippen LogP contribution in [0.1, 0.15) is 27.5 Å². The number of amides is 1. The van der Waals surface area contributed by atoms with Crippen molar-refractivity contribution < 1.29 is 4.79 Å². The number of hydrogen-bond donors (Lipinski definition) is 0. The Bertz CT molecular complexity index is 874. The van der Waals surface area contributed by atoms with Crippen molar-refractivity contribution in [2.75, 3.05) is 0 Å². The van der Waals surface area contributed by atoms with E-state index < -0.39 is 0 Å². The molecule has 3 heteroatoms. The lowest BCUT2D eigenvalue weighted by Gasteiger charge is -2.34. The zero-order valence-electron chi connectivity index (χ0n) is 13.2. The molecule has 0 aromatic heterocycles. The molecule has 2 atom stereocenters. The minimum atomic E-state index is 0.0576. The largest absolute Gasteiger partial charge is 0.316 e. The highest BCUT2D eigenvalue weighted by Crippen LogP contribution is 2.36. The molecule has 1 aliphatic heterocycles. The summed E-state index contributed by atoms with van der Waals surface area (Å²) in [4.78, 5) is 12.6. The van der Waals surface area contributed by atoms with Gasteiger partial charge in [-0.1, -0.05) is 72.8 Å². The van der Waals surface area contributed by atoms with Crippen LogP contribution in [-0.4, -0.2) is 10.6 Å². The molecule has 118 valence electrons. The molecule has 3 aromatic carbocycles. The number of hydrogen-bond acceptors (Lipinski definition) is 1. The van der Waals surface area contributed by atoms with E-state index in [4.69, 9.17) is 0 Å². The molecule has 1 aliphatic rings. The summed E-state index contributed by atoms with van der Waals surface area (Å²) in [5.41, 5.74) is 5.49. The molecule has 4 rings (SSSR count). The van der Waals surface area contributed by atoms with Crippen LogP contribution in [0.15, 0.2) is 78.9 Å². The van der Waals surface area contributed by atoms with Gasteiger partial charge >= 0.3 is 0 Å². The van der Waals surface area contributed by atoms with E-state index in [0.29, 0.717) is 0 Å². The zero-order chi connectivity index (χ0) is 16.5. The smallest absolute Gasteiger partial charge is 0.257 e. The molecule has 0 radical (unpaired) electrons. The van der Waals surface area contributed by atoms with E-state index in [1.165, 1.54) is 11.1 Å². The van der Waals surface area contributed by atoms with Gasteiger partial charge < -0.3 is 4.67 Å². The third-order valence-corrected chi connectivity index (χ3v) is 5.23. The Kier molecular flexibility index (Phi) is 3.92. The second-order valence-electron chi connectivity index (χ2n) is 6.08. The number of carbonyl (C=O) groups excluding carboxylic acids is 1. The first-order valence-electron chi connectivity index (χ1n) is 8.05. The molecule has 0 saturated carbocycles. The molecule has 24 heavy (non-hydrogen) atoms. The van der Waals surface area contributed by atoms with Crippen molar-refractivity contribution in [3.8, 4) is 11.1 Å². The van der Waals surface area contributed by atoms with Crippen LogP contribution < -0.4 is 0 Å². The summed E-state index contributed by atoms with van der Waals surface area (Å²) < 4.78 is 1.78. The van der Waals surface area contributed by atoms with E-state index in [-0.39, 0.29) is 11.9 Å².